The fourth-order valence-electron chi connectivity index (χ4n) is 3.59. The van der Waals surface area contributed by atoms with Crippen LogP contribution >= 0.6 is 0 Å². The van der Waals surface area contributed by atoms with E-state index >= 15 is 0 Å². The van der Waals surface area contributed by atoms with Crippen molar-refractivity contribution in [3.8, 4) is 0 Å². The highest BCUT2D eigenvalue weighted by molar-refractivity contribution is 6.10. The standard InChI is InChI=1S/C21H20N2O/c1-14-10-15(2)23-13-17(12-22-20(23)11-14)21(24)19-9-5-7-16-6-3-4-8-18(16)19/h3-11,17H,12-13H2,1-2H3. The van der Waals surface area contributed by atoms with E-state index in [9.17, 15) is 4.79 Å². The number of ketones is 1. The number of amidine groups is 1. The van der Waals surface area contributed by atoms with Gasteiger partial charge >= 0.3 is 0 Å². The van der Waals surface area contributed by atoms with E-state index in [0.29, 0.717) is 13.1 Å². The third kappa shape index (κ3) is 2.46. The summed E-state index contributed by atoms with van der Waals surface area (Å²) < 4.78 is 0. The number of rotatable bonds is 2. The summed E-state index contributed by atoms with van der Waals surface area (Å²) in [6.07, 6.45) is 4.23. The van der Waals surface area contributed by atoms with Crippen molar-refractivity contribution in [2.45, 2.75) is 13.8 Å². The Morgan fingerprint density at radius 2 is 1.88 bits per heavy atom. The second-order valence-corrected chi connectivity index (χ2v) is 6.57. The molecule has 0 amide bonds. The van der Waals surface area contributed by atoms with Crippen LogP contribution in [0.15, 0.2) is 70.9 Å². The molecule has 0 fully saturated rings. The summed E-state index contributed by atoms with van der Waals surface area (Å²) in [4.78, 5) is 20.0. The highest BCUT2D eigenvalue weighted by Gasteiger charge is 2.30. The summed E-state index contributed by atoms with van der Waals surface area (Å²) in [6.45, 7) is 5.42. The Hall–Kier alpha value is -2.68. The van der Waals surface area contributed by atoms with Gasteiger partial charge in [-0.15, -0.1) is 0 Å². The minimum Gasteiger partial charge on any atom is -0.330 e. The summed E-state index contributed by atoms with van der Waals surface area (Å²) in [5.41, 5.74) is 3.17. The fourth-order valence-corrected chi connectivity index (χ4v) is 3.59. The lowest BCUT2D eigenvalue weighted by Gasteiger charge is -2.35. The SMILES string of the molecule is CC1=CC2=NCC(C(=O)c3cccc4ccccc34)CN2C(C)=C1. The Morgan fingerprint density at radius 3 is 2.75 bits per heavy atom. The van der Waals surface area contributed by atoms with Gasteiger partial charge in [-0.1, -0.05) is 42.5 Å². The summed E-state index contributed by atoms with van der Waals surface area (Å²) in [5, 5.41) is 2.14. The Bertz CT molecular complexity index is 915. The van der Waals surface area contributed by atoms with Crippen molar-refractivity contribution in [2.75, 3.05) is 13.1 Å². The van der Waals surface area contributed by atoms with Gasteiger partial charge < -0.3 is 4.90 Å². The molecule has 1 unspecified atom stereocenters. The van der Waals surface area contributed by atoms with E-state index in [-0.39, 0.29) is 11.7 Å². The molecule has 2 aliphatic heterocycles. The summed E-state index contributed by atoms with van der Waals surface area (Å²) in [6, 6.07) is 14.0. The maximum atomic E-state index is 13.1. The number of hydrogen-bond donors (Lipinski definition) is 0. The van der Waals surface area contributed by atoms with Gasteiger partial charge in [-0.2, -0.15) is 0 Å². The smallest absolute Gasteiger partial charge is 0.170 e. The van der Waals surface area contributed by atoms with Gasteiger partial charge in [-0.05, 0) is 42.3 Å². The predicted octanol–water partition coefficient (Wildman–Crippen LogP) is 4.22. The minimum absolute atomic E-state index is 0.102. The lowest BCUT2D eigenvalue weighted by Crippen LogP contribution is -2.42. The number of nitrogens with zero attached hydrogens (tertiary/aromatic N) is 2. The molecular weight excluding hydrogens is 296 g/mol. The highest BCUT2D eigenvalue weighted by Crippen LogP contribution is 2.26. The van der Waals surface area contributed by atoms with Crippen molar-refractivity contribution in [1.82, 2.24) is 4.90 Å². The Balaban J connectivity index is 1.68. The molecule has 0 N–H and O–H groups in total. The first kappa shape index (κ1) is 14.9. The van der Waals surface area contributed by atoms with Crippen LogP contribution in [0.25, 0.3) is 10.8 Å². The van der Waals surface area contributed by atoms with E-state index in [1.54, 1.807) is 0 Å². The lowest BCUT2D eigenvalue weighted by atomic mass is 9.91. The summed E-state index contributed by atoms with van der Waals surface area (Å²) in [5.74, 6) is 1.07. The lowest BCUT2D eigenvalue weighted by molar-refractivity contribution is 0.0909. The molecule has 0 aliphatic carbocycles. The van der Waals surface area contributed by atoms with Gasteiger partial charge in [0.05, 0.1) is 12.5 Å². The van der Waals surface area contributed by atoms with Gasteiger partial charge in [-0.25, -0.2) is 0 Å². The maximum absolute atomic E-state index is 13.1. The number of benzene rings is 2. The number of allylic oxidation sites excluding steroid dienone is 3. The number of carbonyl (C=O) groups is 1. The van der Waals surface area contributed by atoms with Gasteiger partial charge in [0.1, 0.15) is 5.84 Å². The molecule has 3 heteroatoms. The van der Waals surface area contributed by atoms with Crippen LogP contribution in [0, 0.1) is 5.92 Å². The second kappa shape index (κ2) is 5.75. The Kier molecular flexibility index (Phi) is 3.57. The first-order valence-electron chi connectivity index (χ1n) is 8.34. The topological polar surface area (TPSA) is 32.7 Å². The molecule has 0 aromatic heterocycles. The van der Waals surface area contributed by atoms with Crippen LogP contribution in [-0.4, -0.2) is 29.6 Å². The van der Waals surface area contributed by atoms with Crippen LogP contribution in [0.2, 0.25) is 0 Å². The second-order valence-electron chi connectivity index (χ2n) is 6.57. The molecule has 2 aromatic rings. The molecule has 0 saturated heterocycles. The third-order valence-corrected chi connectivity index (χ3v) is 4.80. The molecule has 2 aliphatic rings. The molecule has 3 nitrogen and oxygen atoms in total. The number of fused-ring (bicyclic) bond motifs is 2. The molecule has 4 rings (SSSR count). The predicted molar refractivity (Wildman–Crippen MR) is 98.3 cm³/mol. The van der Waals surface area contributed by atoms with Crippen molar-refractivity contribution < 1.29 is 4.79 Å². The summed E-state index contributed by atoms with van der Waals surface area (Å²) >= 11 is 0. The van der Waals surface area contributed by atoms with Gasteiger partial charge in [0.25, 0.3) is 0 Å². The van der Waals surface area contributed by atoms with E-state index in [1.807, 2.05) is 42.5 Å². The zero-order chi connectivity index (χ0) is 16.7. The van der Waals surface area contributed by atoms with Gasteiger partial charge in [0.15, 0.2) is 5.78 Å². The average Bonchev–Trinajstić information content (AvgIpc) is 2.60. The number of hydrogen-bond acceptors (Lipinski definition) is 3. The van der Waals surface area contributed by atoms with Gasteiger partial charge in [-0.3, -0.25) is 9.79 Å². The molecule has 0 radical (unpaired) electrons. The normalized spacial score (nSPS) is 20.2. The molecule has 1 atom stereocenters. The van der Waals surface area contributed by atoms with Crippen molar-refractivity contribution in [3.05, 3.63) is 71.5 Å². The molecular formula is C21H20N2O. The largest absolute Gasteiger partial charge is 0.330 e. The quantitative estimate of drug-likeness (QED) is 0.777. The Morgan fingerprint density at radius 1 is 1.08 bits per heavy atom. The van der Waals surface area contributed by atoms with E-state index in [0.717, 1.165) is 27.9 Å². The molecule has 0 bridgehead atoms. The highest BCUT2D eigenvalue weighted by atomic mass is 16.1. The van der Waals surface area contributed by atoms with E-state index in [1.165, 1.54) is 5.57 Å². The maximum Gasteiger partial charge on any atom is 0.170 e. The van der Waals surface area contributed by atoms with Gasteiger partial charge in [0.2, 0.25) is 0 Å². The molecule has 2 aromatic carbocycles. The average molecular weight is 316 g/mol. The van der Waals surface area contributed by atoms with Crippen molar-refractivity contribution in [1.29, 1.82) is 0 Å². The fraction of sp³-hybridized carbons (Fsp3) is 0.238. The van der Waals surface area contributed by atoms with E-state index in [2.05, 4.69) is 35.9 Å². The third-order valence-electron chi connectivity index (χ3n) is 4.80. The number of aliphatic imine (C=N–C) groups is 1. The van der Waals surface area contributed by atoms with Crippen molar-refractivity contribution >= 4 is 22.4 Å². The first-order chi connectivity index (χ1) is 11.6. The number of Topliss-reactive ketones (excluding diaryl/α,β-unsaturated/α-hetero) is 1. The van der Waals surface area contributed by atoms with Crippen LogP contribution in [0.5, 0.6) is 0 Å². The molecule has 0 saturated carbocycles. The Labute approximate surface area is 142 Å². The minimum atomic E-state index is -0.102. The summed E-state index contributed by atoms with van der Waals surface area (Å²) in [7, 11) is 0. The molecule has 2 heterocycles. The van der Waals surface area contributed by atoms with Crippen LogP contribution in [0.4, 0.5) is 0 Å². The monoisotopic (exact) mass is 316 g/mol. The molecule has 24 heavy (non-hydrogen) atoms. The van der Waals surface area contributed by atoms with E-state index in [4.69, 9.17) is 0 Å². The van der Waals surface area contributed by atoms with Crippen LogP contribution in [0.3, 0.4) is 0 Å². The zero-order valence-electron chi connectivity index (χ0n) is 14.0. The first-order valence-corrected chi connectivity index (χ1v) is 8.34. The van der Waals surface area contributed by atoms with Crippen LogP contribution < -0.4 is 0 Å². The van der Waals surface area contributed by atoms with E-state index < -0.39 is 0 Å². The van der Waals surface area contributed by atoms with Crippen molar-refractivity contribution in [2.24, 2.45) is 10.9 Å². The van der Waals surface area contributed by atoms with Crippen LogP contribution in [0.1, 0.15) is 24.2 Å². The number of carbonyl (C=O) groups excluding carboxylic acids is 1. The molecule has 0 spiro atoms. The van der Waals surface area contributed by atoms with Crippen molar-refractivity contribution in [3.63, 3.8) is 0 Å². The van der Waals surface area contributed by atoms with Crippen LogP contribution in [-0.2, 0) is 0 Å². The zero-order valence-corrected chi connectivity index (χ0v) is 14.0. The van der Waals surface area contributed by atoms with Gasteiger partial charge in [0, 0.05) is 17.8 Å². The molecule has 120 valence electrons.